The fourth-order valence-electron chi connectivity index (χ4n) is 2.77. The molecule has 0 N–H and O–H groups in total. The summed E-state index contributed by atoms with van der Waals surface area (Å²) in [6.45, 7) is 0. The number of benzene rings is 4. The van der Waals surface area contributed by atoms with Crippen LogP contribution in [0.5, 0.6) is 0 Å². The van der Waals surface area contributed by atoms with Crippen molar-refractivity contribution in [1.29, 1.82) is 0 Å². The van der Waals surface area contributed by atoms with Gasteiger partial charge in [0.15, 0.2) is 0 Å². The van der Waals surface area contributed by atoms with E-state index in [-0.39, 0.29) is 17.1 Å². The summed E-state index contributed by atoms with van der Waals surface area (Å²) in [6.07, 6.45) is 0. The molecule has 0 fully saturated rings. The van der Waals surface area contributed by atoms with E-state index in [4.69, 9.17) is 0 Å². The van der Waals surface area contributed by atoms with Crippen LogP contribution in [-0.4, -0.2) is 0 Å². The molecule has 0 unspecified atom stereocenters. The van der Waals surface area contributed by atoms with Gasteiger partial charge in [-0.3, -0.25) is 0 Å². The Morgan fingerprint density at radius 1 is 0.368 bits per heavy atom. The van der Waals surface area contributed by atoms with Gasteiger partial charge in [-0.1, -0.05) is 72.8 Å². The molecule has 0 saturated heterocycles. The van der Waals surface area contributed by atoms with Gasteiger partial charge in [-0.2, -0.15) is 0 Å². The maximum Gasteiger partial charge on any atom is 0 e. The van der Waals surface area contributed by atoms with Gasteiger partial charge in [0.05, 0.1) is 0 Å². The molecular weight excluding hydrogens is 272 g/mol. The summed E-state index contributed by atoms with van der Waals surface area (Å²) in [5.74, 6) is 0. The monoisotopic (exact) mass is 284 g/mol. The molecule has 92 valence electrons. The summed E-state index contributed by atoms with van der Waals surface area (Å²) in [5.41, 5.74) is 0. The predicted octanol–water partition coefficient (Wildman–Crippen LogP) is 5.14. The molecule has 1 heteroatoms. The molecule has 4 aromatic rings. The average molecular weight is 284 g/mol. The second kappa shape index (κ2) is 4.69. The first kappa shape index (κ1) is 12.2. The molecule has 0 saturated carbocycles. The predicted molar refractivity (Wildman–Crippen MR) is 79.0 cm³/mol. The van der Waals surface area contributed by atoms with E-state index < -0.39 is 0 Å². The Morgan fingerprint density at radius 2 is 0.789 bits per heavy atom. The van der Waals surface area contributed by atoms with Crippen LogP contribution < -0.4 is 0 Å². The van der Waals surface area contributed by atoms with Crippen molar-refractivity contribution in [1.82, 2.24) is 0 Å². The number of rotatable bonds is 0. The molecule has 4 rings (SSSR count). The first-order valence-corrected chi connectivity index (χ1v) is 6.23. The van der Waals surface area contributed by atoms with Crippen LogP contribution in [0.2, 0.25) is 0 Å². The fraction of sp³-hybridized carbons (Fsp3) is 0. The molecular formula is C18H12Fe. The first-order valence-electron chi connectivity index (χ1n) is 6.23. The zero-order valence-electron chi connectivity index (χ0n) is 10.3. The van der Waals surface area contributed by atoms with Crippen molar-refractivity contribution in [3.63, 3.8) is 0 Å². The van der Waals surface area contributed by atoms with E-state index in [2.05, 4.69) is 72.8 Å². The second-order valence-electron chi connectivity index (χ2n) is 4.67. The number of hydrogen-bond donors (Lipinski definition) is 0. The minimum atomic E-state index is 0. The molecule has 0 aliphatic heterocycles. The third kappa shape index (κ3) is 1.83. The van der Waals surface area contributed by atoms with E-state index in [1.807, 2.05) is 0 Å². The first-order chi connectivity index (χ1) is 8.93. The quantitative estimate of drug-likeness (QED) is 0.309. The molecule has 0 aromatic heterocycles. The molecule has 4 aromatic carbocycles. The molecule has 0 spiro atoms. The summed E-state index contributed by atoms with van der Waals surface area (Å²) < 4.78 is 0. The Hall–Kier alpha value is -1.82. The van der Waals surface area contributed by atoms with Gasteiger partial charge in [-0.05, 0) is 32.3 Å². The molecule has 0 radical (unpaired) electrons. The van der Waals surface area contributed by atoms with Crippen LogP contribution in [-0.2, 0) is 17.1 Å². The average Bonchev–Trinajstić information content (AvgIpc) is 2.46. The Balaban J connectivity index is 0.00000110. The van der Waals surface area contributed by atoms with Crippen molar-refractivity contribution in [3.8, 4) is 0 Å². The largest absolute Gasteiger partial charge is 0.0616 e. The van der Waals surface area contributed by atoms with Crippen LogP contribution in [0.15, 0.2) is 72.8 Å². The van der Waals surface area contributed by atoms with Gasteiger partial charge in [-0.15, -0.1) is 0 Å². The van der Waals surface area contributed by atoms with Crippen molar-refractivity contribution in [2.24, 2.45) is 0 Å². The van der Waals surface area contributed by atoms with Crippen molar-refractivity contribution < 1.29 is 17.1 Å². The molecule has 0 aliphatic rings. The normalized spacial score (nSPS) is 10.7. The Bertz CT molecular complexity index is 803. The van der Waals surface area contributed by atoms with Crippen LogP contribution in [0.25, 0.3) is 32.3 Å². The van der Waals surface area contributed by atoms with Gasteiger partial charge < -0.3 is 0 Å². The Labute approximate surface area is 122 Å². The molecule has 0 nitrogen and oxygen atoms in total. The van der Waals surface area contributed by atoms with E-state index in [1.54, 1.807) is 0 Å². The minimum Gasteiger partial charge on any atom is -0.0616 e. The topological polar surface area (TPSA) is 0 Å². The summed E-state index contributed by atoms with van der Waals surface area (Å²) in [4.78, 5) is 0. The maximum absolute atomic E-state index is 2.24. The van der Waals surface area contributed by atoms with Crippen molar-refractivity contribution >= 4 is 32.3 Å². The zero-order chi connectivity index (χ0) is 11.9. The van der Waals surface area contributed by atoms with E-state index in [9.17, 15) is 0 Å². The van der Waals surface area contributed by atoms with Crippen LogP contribution >= 0.6 is 0 Å². The summed E-state index contributed by atoms with van der Waals surface area (Å²) >= 11 is 0. The second-order valence-corrected chi connectivity index (χ2v) is 4.67. The van der Waals surface area contributed by atoms with E-state index in [1.165, 1.54) is 32.3 Å². The minimum absolute atomic E-state index is 0. The third-order valence-corrected chi connectivity index (χ3v) is 3.65. The van der Waals surface area contributed by atoms with E-state index in [0.29, 0.717) is 0 Å². The zero-order valence-corrected chi connectivity index (χ0v) is 11.4. The van der Waals surface area contributed by atoms with Gasteiger partial charge >= 0.3 is 0 Å². The summed E-state index contributed by atoms with van der Waals surface area (Å²) in [5, 5.41) is 7.96. The van der Waals surface area contributed by atoms with Crippen LogP contribution in [0.4, 0.5) is 0 Å². The van der Waals surface area contributed by atoms with Gasteiger partial charge in [0.1, 0.15) is 0 Å². The summed E-state index contributed by atoms with van der Waals surface area (Å²) in [6, 6.07) is 26.0. The molecule has 0 amide bonds. The molecule has 0 aliphatic carbocycles. The third-order valence-electron chi connectivity index (χ3n) is 3.65. The maximum atomic E-state index is 2.24. The summed E-state index contributed by atoms with van der Waals surface area (Å²) in [7, 11) is 0. The fourth-order valence-corrected chi connectivity index (χ4v) is 2.77. The van der Waals surface area contributed by atoms with Crippen LogP contribution in [0.1, 0.15) is 0 Å². The van der Waals surface area contributed by atoms with Gasteiger partial charge in [0, 0.05) is 17.1 Å². The number of fused-ring (bicyclic) bond motifs is 5. The number of hydrogen-bond acceptors (Lipinski definition) is 0. The molecule has 0 bridgehead atoms. The van der Waals surface area contributed by atoms with Crippen molar-refractivity contribution in [2.75, 3.05) is 0 Å². The van der Waals surface area contributed by atoms with E-state index >= 15 is 0 Å². The van der Waals surface area contributed by atoms with Gasteiger partial charge in [-0.25, -0.2) is 0 Å². The Morgan fingerprint density at radius 3 is 1.26 bits per heavy atom. The van der Waals surface area contributed by atoms with E-state index in [0.717, 1.165) is 0 Å². The van der Waals surface area contributed by atoms with Gasteiger partial charge in [0.25, 0.3) is 0 Å². The van der Waals surface area contributed by atoms with Crippen molar-refractivity contribution in [2.45, 2.75) is 0 Å². The molecule has 0 heterocycles. The molecule has 0 atom stereocenters. The van der Waals surface area contributed by atoms with Crippen LogP contribution in [0, 0.1) is 0 Å². The standard InChI is InChI=1S/C18H12.Fe/c1-3-7-15-13(5-1)9-11-18-16-8-4-2-6-14(16)10-12-17(15)18;/h1-12H;. The molecule has 19 heavy (non-hydrogen) atoms. The SMILES string of the molecule is [Fe].c1ccc2c(c1)ccc1c3ccccc3ccc21. The van der Waals surface area contributed by atoms with Crippen LogP contribution in [0.3, 0.4) is 0 Å². The Kier molecular flexibility index (Phi) is 3.02. The van der Waals surface area contributed by atoms with Gasteiger partial charge in [0.2, 0.25) is 0 Å². The van der Waals surface area contributed by atoms with Crippen molar-refractivity contribution in [3.05, 3.63) is 72.8 Å². The smallest absolute Gasteiger partial charge is 0 e.